The van der Waals surface area contributed by atoms with Crippen LogP contribution in [-0.4, -0.2) is 40.4 Å². The van der Waals surface area contributed by atoms with E-state index in [1.807, 2.05) is 30.3 Å². The van der Waals surface area contributed by atoms with Crippen LogP contribution < -0.4 is 5.32 Å². The van der Waals surface area contributed by atoms with Gasteiger partial charge in [-0.2, -0.15) is 0 Å². The Labute approximate surface area is 168 Å². The topological polar surface area (TPSA) is 69.6 Å². The van der Waals surface area contributed by atoms with Gasteiger partial charge in [0.15, 0.2) is 0 Å². The maximum Gasteiger partial charge on any atom is 0.222 e. The summed E-state index contributed by atoms with van der Waals surface area (Å²) in [6.07, 6.45) is 7.90. The summed E-state index contributed by atoms with van der Waals surface area (Å²) in [6.45, 7) is 2.68. The molecule has 1 aromatic carbocycles. The number of nitrogens with one attached hydrogen (secondary N) is 1. The van der Waals surface area contributed by atoms with Gasteiger partial charge in [0.05, 0.1) is 12.1 Å². The molecule has 28 heavy (non-hydrogen) atoms. The molecule has 154 valence electrons. The highest BCUT2D eigenvalue weighted by atomic mass is 16.3. The van der Waals surface area contributed by atoms with Crippen LogP contribution in [-0.2, 0) is 9.59 Å². The van der Waals surface area contributed by atoms with Crippen LogP contribution in [0.3, 0.4) is 0 Å². The molecule has 0 spiro atoms. The van der Waals surface area contributed by atoms with Gasteiger partial charge in [-0.15, -0.1) is 0 Å². The van der Waals surface area contributed by atoms with Crippen LogP contribution in [0.15, 0.2) is 30.3 Å². The van der Waals surface area contributed by atoms with E-state index in [1.54, 1.807) is 6.92 Å². The minimum Gasteiger partial charge on any atom is -0.386 e. The second-order valence-corrected chi connectivity index (χ2v) is 8.41. The summed E-state index contributed by atoms with van der Waals surface area (Å²) in [7, 11) is 0. The van der Waals surface area contributed by atoms with Crippen molar-refractivity contribution in [1.82, 2.24) is 10.2 Å². The molecule has 2 amide bonds. The quantitative estimate of drug-likeness (QED) is 0.753. The Morgan fingerprint density at radius 1 is 1.11 bits per heavy atom. The highest BCUT2D eigenvalue weighted by Crippen LogP contribution is 2.35. The number of piperidine rings is 1. The molecule has 1 heterocycles. The molecule has 4 unspecified atom stereocenters. The minimum absolute atomic E-state index is 0.107. The van der Waals surface area contributed by atoms with Gasteiger partial charge in [0.1, 0.15) is 0 Å². The van der Waals surface area contributed by atoms with E-state index in [4.69, 9.17) is 0 Å². The summed E-state index contributed by atoms with van der Waals surface area (Å²) < 4.78 is 0. The minimum atomic E-state index is -0.733. The second-order valence-electron chi connectivity index (χ2n) is 8.41. The van der Waals surface area contributed by atoms with Crippen LogP contribution in [0.1, 0.15) is 76.4 Å². The molecule has 1 saturated heterocycles. The zero-order chi connectivity index (χ0) is 19.9. The zero-order valence-electron chi connectivity index (χ0n) is 17.0. The molecular formula is C23H34N2O3. The number of hydrogen-bond donors (Lipinski definition) is 2. The Bertz CT molecular complexity index is 647. The largest absolute Gasteiger partial charge is 0.386 e. The Morgan fingerprint density at radius 2 is 1.82 bits per heavy atom. The van der Waals surface area contributed by atoms with Gasteiger partial charge in [0.2, 0.25) is 11.8 Å². The van der Waals surface area contributed by atoms with Crippen molar-refractivity contribution in [3.05, 3.63) is 35.9 Å². The Morgan fingerprint density at radius 3 is 2.61 bits per heavy atom. The molecule has 1 aliphatic heterocycles. The van der Waals surface area contributed by atoms with Crippen molar-refractivity contribution in [2.45, 2.75) is 82.9 Å². The molecule has 2 fully saturated rings. The number of rotatable bonds is 7. The van der Waals surface area contributed by atoms with Crippen LogP contribution in [0.2, 0.25) is 0 Å². The first kappa shape index (κ1) is 20.8. The molecule has 0 bridgehead atoms. The van der Waals surface area contributed by atoms with Crippen molar-refractivity contribution in [3.8, 4) is 0 Å². The number of benzene rings is 1. The molecule has 0 radical (unpaired) electrons. The fraction of sp³-hybridized carbons (Fsp3) is 0.652. The maximum atomic E-state index is 12.7. The number of amides is 2. The molecule has 3 rings (SSSR count). The third-order valence-electron chi connectivity index (χ3n) is 6.36. The van der Waals surface area contributed by atoms with Crippen LogP contribution in [0.25, 0.3) is 0 Å². The van der Waals surface area contributed by atoms with E-state index in [2.05, 4.69) is 10.2 Å². The standard InChI is InChI=1S/C23H34N2O3/c1-17(23(28)19-10-3-2-4-11-19)24-21(26)14-7-15-22(27)25-16-8-12-18-9-5-6-13-20(18)25/h2-4,10-11,17-18,20,23,28H,5-9,12-16H2,1H3,(H,24,26). The number of carbonyl (C=O) groups excluding carboxylic acids is 2. The van der Waals surface area contributed by atoms with E-state index in [1.165, 1.54) is 25.7 Å². The van der Waals surface area contributed by atoms with Gasteiger partial charge >= 0.3 is 0 Å². The van der Waals surface area contributed by atoms with Crippen molar-refractivity contribution in [3.63, 3.8) is 0 Å². The average Bonchev–Trinajstić information content (AvgIpc) is 2.73. The van der Waals surface area contributed by atoms with Crippen molar-refractivity contribution >= 4 is 11.8 Å². The van der Waals surface area contributed by atoms with Crippen molar-refractivity contribution < 1.29 is 14.7 Å². The lowest BCUT2D eigenvalue weighted by atomic mass is 9.78. The first-order chi connectivity index (χ1) is 13.6. The number of carbonyl (C=O) groups is 2. The molecule has 4 atom stereocenters. The summed E-state index contributed by atoms with van der Waals surface area (Å²) in [5.74, 6) is 0.793. The molecule has 1 aliphatic carbocycles. The smallest absolute Gasteiger partial charge is 0.222 e. The number of likely N-dealkylation sites (tertiary alicyclic amines) is 1. The summed E-state index contributed by atoms with van der Waals surface area (Å²) in [6, 6.07) is 9.41. The fourth-order valence-corrected chi connectivity index (χ4v) is 4.82. The summed E-state index contributed by atoms with van der Waals surface area (Å²) in [5.41, 5.74) is 0.789. The van der Waals surface area contributed by atoms with E-state index >= 15 is 0 Å². The average molecular weight is 387 g/mol. The van der Waals surface area contributed by atoms with Crippen LogP contribution in [0.4, 0.5) is 0 Å². The lowest BCUT2D eigenvalue weighted by Crippen LogP contribution is -2.49. The normalized spacial score (nSPS) is 24.1. The van der Waals surface area contributed by atoms with Gasteiger partial charge in [0.25, 0.3) is 0 Å². The number of aliphatic hydroxyl groups excluding tert-OH is 1. The van der Waals surface area contributed by atoms with Crippen molar-refractivity contribution in [2.75, 3.05) is 6.54 Å². The molecule has 5 heteroatoms. The predicted octanol–water partition coefficient (Wildman–Crippen LogP) is 3.58. The Hall–Kier alpha value is -1.88. The van der Waals surface area contributed by atoms with E-state index in [9.17, 15) is 14.7 Å². The number of nitrogens with zero attached hydrogens (tertiary/aromatic N) is 1. The number of fused-ring (bicyclic) bond motifs is 1. The van der Waals surface area contributed by atoms with Gasteiger partial charge in [-0.3, -0.25) is 9.59 Å². The van der Waals surface area contributed by atoms with Crippen LogP contribution >= 0.6 is 0 Å². The van der Waals surface area contributed by atoms with E-state index in [0.717, 1.165) is 24.9 Å². The van der Waals surface area contributed by atoms with E-state index in [0.29, 0.717) is 31.2 Å². The number of hydrogen-bond acceptors (Lipinski definition) is 3. The van der Waals surface area contributed by atoms with Gasteiger partial charge in [0, 0.05) is 25.4 Å². The summed E-state index contributed by atoms with van der Waals surface area (Å²) in [5, 5.41) is 13.2. The van der Waals surface area contributed by atoms with Gasteiger partial charge < -0.3 is 15.3 Å². The molecular weight excluding hydrogens is 352 g/mol. The molecule has 1 aromatic rings. The van der Waals surface area contributed by atoms with Crippen LogP contribution in [0, 0.1) is 5.92 Å². The van der Waals surface area contributed by atoms with Gasteiger partial charge in [-0.05, 0) is 50.5 Å². The highest BCUT2D eigenvalue weighted by Gasteiger charge is 2.35. The highest BCUT2D eigenvalue weighted by molar-refractivity contribution is 5.79. The molecule has 1 saturated carbocycles. The lowest BCUT2D eigenvalue weighted by molar-refractivity contribution is -0.137. The SMILES string of the molecule is CC(NC(=O)CCCC(=O)N1CCCC2CCCCC21)C(O)c1ccccc1. The number of aliphatic hydroxyl groups is 1. The third-order valence-corrected chi connectivity index (χ3v) is 6.36. The second kappa shape index (κ2) is 10.1. The third kappa shape index (κ3) is 5.34. The molecule has 2 N–H and O–H groups in total. The maximum absolute atomic E-state index is 12.7. The predicted molar refractivity (Wildman–Crippen MR) is 110 cm³/mol. The fourth-order valence-electron chi connectivity index (χ4n) is 4.82. The van der Waals surface area contributed by atoms with E-state index < -0.39 is 6.10 Å². The van der Waals surface area contributed by atoms with Crippen LogP contribution in [0.5, 0.6) is 0 Å². The Balaban J connectivity index is 1.40. The zero-order valence-corrected chi connectivity index (χ0v) is 17.0. The molecule has 0 aromatic heterocycles. The van der Waals surface area contributed by atoms with Gasteiger partial charge in [-0.25, -0.2) is 0 Å². The lowest BCUT2D eigenvalue weighted by Gasteiger charge is -2.44. The van der Waals surface area contributed by atoms with Crippen molar-refractivity contribution in [1.29, 1.82) is 0 Å². The van der Waals surface area contributed by atoms with Gasteiger partial charge in [-0.1, -0.05) is 43.2 Å². The van der Waals surface area contributed by atoms with Crippen molar-refractivity contribution in [2.24, 2.45) is 5.92 Å². The first-order valence-corrected chi connectivity index (χ1v) is 10.9. The molecule has 5 nitrogen and oxygen atoms in total. The summed E-state index contributed by atoms with van der Waals surface area (Å²) >= 11 is 0. The molecule has 2 aliphatic rings. The monoisotopic (exact) mass is 386 g/mol. The van der Waals surface area contributed by atoms with E-state index in [-0.39, 0.29) is 17.9 Å². The summed E-state index contributed by atoms with van der Waals surface area (Å²) in [4.78, 5) is 27.0. The first-order valence-electron chi connectivity index (χ1n) is 10.9. The Kier molecular flexibility index (Phi) is 7.49.